The van der Waals surface area contributed by atoms with Gasteiger partial charge in [-0.25, -0.2) is 10.2 Å². The van der Waals surface area contributed by atoms with Crippen LogP contribution in [0.2, 0.25) is 0 Å². The van der Waals surface area contributed by atoms with E-state index in [-0.39, 0.29) is 6.61 Å². The monoisotopic (exact) mass is 411 g/mol. The van der Waals surface area contributed by atoms with Gasteiger partial charge in [0, 0.05) is 0 Å². The average Bonchev–Trinajstić information content (AvgIpc) is 2.68. The summed E-state index contributed by atoms with van der Waals surface area (Å²) in [5.41, 5.74) is 4.70. The van der Waals surface area contributed by atoms with Crippen molar-refractivity contribution in [3.05, 3.63) is 71.3 Å². The highest BCUT2D eigenvalue weighted by Crippen LogP contribution is 2.07. The van der Waals surface area contributed by atoms with Crippen molar-refractivity contribution >= 4 is 18.2 Å². The van der Waals surface area contributed by atoms with Crippen LogP contribution in [0.15, 0.2) is 59.7 Å². The summed E-state index contributed by atoms with van der Waals surface area (Å²) in [5, 5.41) is 6.51. The number of nitrogens with one attached hydrogen (secondary N) is 2. The first-order valence-corrected chi connectivity index (χ1v) is 9.74. The van der Waals surface area contributed by atoms with Gasteiger partial charge in [0.15, 0.2) is 0 Å². The molecule has 0 fully saturated rings. The maximum absolute atomic E-state index is 12.6. The van der Waals surface area contributed by atoms with E-state index in [4.69, 9.17) is 9.47 Å². The van der Waals surface area contributed by atoms with Gasteiger partial charge in [0.2, 0.25) is 0 Å². The maximum Gasteiger partial charge on any atom is 0.408 e. The molecule has 7 nitrogen and oxygen atoms in total. The van der Waals surface area contributed by atoms with E-state index in [1.807, 2.05) is 61.5 Å². The molecule has 0 unspecified atom stereocenters. The third-order valence-corrected chi connectivity index (χ3v) is 3.87. The second-order valence-electron chi connectivity index (χ2n) is 7.84. The van der Waals surface area contributed by atoms with E-state index in [1.165, 1.54) is 6.21 Å². The van der Waals surface area contributed by atoms with Gasteiger partial charge < -0.3 is 14.8 Å². The molecule has 2 aromatic carbocycles. The first-order valence-electron chi connectivity index (χ1n) is 9.74. The molecule has 30 heavy (non-hydrogen) atoms. The van der Waals surface area contributed by atoms with Crippen molar-refractivity contribution in [1.29, 1.82) is 0 Å². The van der Waals surface area contributed by atoms with Crippen LogP contribution in [-0.2, 0) is 20.9 Å². The van der Waals surface area contributed by atoms with Crippen molar-refractivity contribution in [2.75, 3.05) is 6.61 Å². The van der Waals surface area contributed by atoms with Crippen LogP contribution in [0.25, 0.3) is 0 Å². The van der Waals surface area contributed by atoms with Crippen LogP contribution in [0.4, 0.5) is 4.79 Å². The smallest absolute Gasteiger partial charge is 0.408 e. The average molecular weight is 412 g/mol. The number of hydrogen-bond acceptors (Lipinski definition) is 5. The Kier molecular flexibility index (Phi) is 8.55. The van der Waals surface area contributed by atoms with Crippen LogP contribution in [0.5, 0.6) is 0 Å². The van der Waals surface area contributed by atoms with Crippen LogP contribution in [0, 0.1) is 6.92 Å². The van der Waals surface area contributed by atoms with E-state index >= 15 is 0 Å². The Morgan fingerprint density at radius 1 is 1.07 bits per heavy atom. The van der Waals surface area contributed by atoms with Crippen molar-refractivity contribution in [1.82, 2.24) is 10.7 Å². The molecule has 2 N–H and O–H groups in total. The van der Waals surface area contributed by atoms with Crippen molar-refractivity contribution in [2.24, 2.45) is 5.10 Å². The quantitative estimate of drug-likeness (QED) is 0.513. The number of alkyl carbamates (subject to hydrolysis) is 1. The van der Waals surface area contributed by atoms with Gasteiger partial charge in [0.25, 0.3) is 5.91 Å². The van der Waals surface area contributed by atoms with Gasteiger partial charge in [0.1, 0.15) is 11.6 Å². The van der Waals surface area contributed by atoms with Crippen LogP contribution in [-0.4, -0.2) is 36.5 Å². The summed E-state index contributed by atoms with van der Waals surface area (Å²) in [4.78, 5) is 24.7. The number of benzene rings is 2. The molecule has 0 radical (unpaired) electrons. The Hall–Kier alpha value is -3.19. The molecule has 0 saturated heterocycles. The molecule has 2 rings (SSSR count). The number of hydrazone groups is 1. The van der Waals surface area contributed by atoms with Crippen molar-refractivity contribution in [2.45, 2.75) is 45.9 Å². The number of nitrogens with zero attached hydrogens (tertiary/aromatic N) is 1. The van der Waals surface area contributed by atoms with Gasteiger partial charge in [-0.3, -0.25) is 4.79 Å². The highest BCUT2D eigenvalue weighted by atomic mass is 16.6. The SMILES string of the molecule is Cc1ccc(/C=N\NC(=O)[C@H](COCc2ccccc2)NC(=O)OC(C)(C)C)cc1. The first-order chi connectivity index (χ1) is 14.2. The Labute approximate surface area is 177 Å². The van der Waals surface area contributed by atoms with Crippen LogP contribution in [0.1, 0.15) is 37.5 Å². The van der Waals surface area contributed by atoms with E-state index in [0.29, 0.717) is 6.61 Å². The summed E-state index contributed by atoms with van der Waals surface area (Å²) in [6, 6.07) is 16.3. The molecule has 2 amide bonds. The summed E-state index contributed by atoms with van der Waals surface area (Å²) in [5.74, 6) is -0.503. The Morgan fingerprint density at radius 2 is 1.73 bits per heavy atom. The Bertz CT molecular complexity index is 843. The fourth-order valence-electron chi connectivity index (χ4n) is 2.40. The minimum atomic E-state index is -0.960. The molecular formula is C23H29N3O4. The maximum atomic E-state index is 12.6. The fraction of sp³-hybridized carbons (Fsp3) is 0.348. The number of rotatable bonds is 8. The summed E-state index contributed by atoms with van der Waals surface area (Å²) < 4.78 is 10.9. The van der Waals surface area contributed by atoms with Crippen LogP contribution >= 0.6 is 0 Å². The zero-order valence-corrected chi connectivity index (χ0v) is 17.8. The second-order valence-corrected chi connectivity index (χ2v) is 7.84. The minimum Gasteiger partial charge on any atom is -0.444 e. The molecule has 7 heteroatoms. The molecule has 0 spiro atoms. The number of amides is 2. The molecule has 2 aromatic rings. The first kappa shape index (κ1) is 23.1. The van der Waals surface area contributed by atoms with Gasteiger partial charge in [-0.15, -0.1) is 0 Å². The number of ether oxygens (including phenoxy) is 2. The highest BCUT2D eigenvalue weighted by Gasteiger charge is 2.24. The lowest BCUT2D eigenvalue weighted by atomic mass is 10.2. The summed E-state index contributed by atoms with van der Waals surface area (Å²) in [7, 11) is 0. The van der Waals surface area contributed by atoms with Crippen LogP contribution < -0.4 is 10.7 Å². The van der Waals surface area contributed by atoms with Gasteiger partial charge in [-0.1, -0.05) is 60.2 Å². The lowest BCUT2D eigenvalue weighted by Gasteiger charge is -2.22. The standard InChI is InChI=1S/C23H29N3O4/c1-17-10-12-18(13-11-17)14-24-26-21(27)20(25-22(28)30-23(2,3)4)16-29-15-19-8-6-5-7-9-19/h5-14,20H,15-16H2,1-4H3,(H,25,28)(H,26,27)/b24-14-/t20-/m0/s1. The van der Waals surface area contributed by atoms with E-state index < -0.39 is 23.6 Å². The van der Waals surface area contributed by atoms with Gasteiger partial charge in [-0.05, 0) is 38.8 Å². The van der Waals surface area contributed by atoms with E-state index in [9.17, 15) is 9.59 Å². The number of aryl methyl sites for hydroxylation is 1. The topological polar surface area (TPSA) is 89.0 Å². The molecule has 0 aromatic heterocycles. The molecule has 160 valence electrons. The highest BCUT2D eigenvalue weighted by molar-refractivity contribution is 5.87. The molecule has 0 aliphatic heterocycles. The summed E-state index contributed by atoms with van der Waals surface area (Å²) in [6.07, 6.45) is 0.834. The Morgan fingerprint density at radius 3 is 2.37 bits per heavy atom. The van der Waals surface area contributed by atoms with E-state index in [1.54, 1.807) is 20.8 Å². The number of hydrogen-bond donors (Lipinski definition) is 2. The number of carbonyl (C=O) groups is 2. The zero-order chi connectivity index (χ0) is 22.0. The van der Waals surface area contributed by atoms with Gasteiger partial charge in [-0.2, -0.15) is 5.10 Å². The van der Waals surface area contributed by atoms with Crippen molar-refractivity contribution in [3.8, 4) is 0 Å². The molecule has 0 heterocycles. The lowest BCUT2D eigenvalue weighted by Crippen LogP contribution is -2.49. The van der Waals surface area contributed by atoms with Gasteiger partial charge in [0.05, 0.1) is 19.4 Å². The van der Waals surface area contributed by atoms with E-state index in [0.717, 1.165) is 16.7 Å². The third-order valence-electron chi connectivity index (χ3n) is 3.87. The van der Waals surface area contributed by atoms with E-state index in [2.05, 4.69) is 15.8 Å². The fourth-order valence-corrected chi connectivity index (χ4v) is 2.40. The molecule has 0 saturated carbocycles. The van der Waals surface area contributed by atoms with Crippen molar-refractivity contribution in [3.63, 3.8) is 0 Å². The molecule has 1 atom stereocenters. The predicted octanol–water partition coefficient (Wildman–Crippen LogP) is 3.56. The lowest BCUT2D eigenvalue weighted by molar-refractivity contribution is -0.124. The summed E-state index contributed by atoms with van der Waals surface area (Å²) in [6.45, 7) is 7.52. The largest absolute Gasteiger partial charge is 0.444 e. The summed E-state index contributed by atoms with van der Waals surface area (Å²) >= 11 is 0. The molecule has 0 bridgehead atoms. The molecular weight excluding hydrogens is 382 g/mol. The van der Waals surface area contributed by atoms with Gasteiger partial charge >= 0.3 is 6.09 Å². The Balaban J connectivity index is 1.96. The normalized spacial score (nSPS) is 12.4. The van der Waals surface area contributed by atoms with Crippen molar-refractivity contribution < 1.29 is 19.1 Å². The van der Waals surface area contributed by atoms with Crippen LogP contribution in [0.3, 0.4) is 0 Å². The molecule has 0 aliphatic carbocycles. The third kappa shape index (κ3) is 8.87. The predicted molar refractivity (Wildman–Crippen MR) is 116 cm³/mol. The molecule has 0 aliphatic rings. The zero-order valence-electron chi connectivity index (χ0n) is 17.8. The second kappa shape index (κ2) is 11.1. The number of carbonyl (C=O) groups excluding carboxylic acids is 2. The minimum absolute atomic E-state index is 0.0278.